The Morgan fingerprint density at radius 2 is 1.84 bits per heavy atom. The van der Waals surface area contributed by atoms with Gasteiger partial charge in [-0.25, -0.2) is 9.97 Å². The minimum atomic E-state index is 0.239. The summed E-state index contributed by atoms with van der Waals surface area (Å²) in [5.41, 5.74) is 1.16. The van der Waals surface area contributed by atoms with Gasteiger partial charge in [0.15, 0.2) is 0 Å². The van der Waals surface area contributed by atoms with E-state index >= 15 is 0 Å². The van der Waals surface area contributed by atoms with Crippen LogP contribution in [0.2, 0.25) is 0 Å². The molecule has 1 aliphatic heterocycles. The van der Waals surface area contributed by atoms with Gasteiger partial charge in [-0.15, -0.1) is 0 Å². The third-order valence-electron chi connectivity index (χ3n) is 3.57. The van der Waals surface area contributed by atoms with Gasteiger partial charge in [0.2, 0.25) is 5.95 Å². The average Bonchev–Trinajstić information content (AvgIpc) is 3.20. The van der Waals surface area contributed by atoms with Gasteiger partial charge in [0.05, 0.1) is 12.2 Å². The highest BCUT2D eigenvalue weighted by atomic mass is 16.5. The van der Waals surface area contributed by atoms with Crippen molar-refractivity contribution in [1.82, 2.24) is 15.3 Å². The maximum Gasteiger partial charge on any atom is 0.225 e. The number of rotatable bonds is 4. The normalized spacial score (nSPS) is 27.6. The Morgan fingerprint density at radius 3 is 2.42 bits per heavy atom. The van der Waals surface area contributed by atoms with E-state index in [9.17, 15) is 0 Å². The van der Waals surface area contributed by atoms with Gasteiger partial charge in [0.1, 0.15) is 0 Å². The standard InChI is InChI=1S/C14H22N4O/c1-10-8-18(9-11(2)19-10)14-16-6-12(7-17-14)5-15-13-3-4-13/h6-7,10-11,13,15H,3-5,8-9H2,1-2H3. The van der Waals surface area contributed by atoms with Gasteiger partial charge in [0.25, 0.3) is 0 Å². The molecule has 2 heterocycles. The second-order valence-corrected chi connectivity index (χ2v) is 5.71. The maximum atomic E-state index is 5.73. The number of hydrogen-bond donors (Lipinski definition) is 1. The Kier molecular flexibility index (Phi) is 3.66. The first kappa shape index (κ1) is 12.8. The Balaban J connectivity index is 1.60. The van der Waals surface area contributed by atoms with Gasteiger partial charge in [-0.2, -0.15) is 0 Å². The fraction of sp³-hybridized carbons (Fsp3) is 0.714. The molecule has 19 heavy (non-hydrogen) atoms. The lowest BCUT2D eigenvalue weighted by Gasteiger charge is -2.35. The molecule has 0 radical (unpaired) electrons. The lowest BCUT2D eigenvalue weighted by molar-refractivity contribution is -0.00572. The number of hydrogen-bond acceptors (Lipinski definition) is 5. The lowest BCUT2D eigenvalue weighted by atomic mass is 10.2. The molecule has 0 bridgehead atoms. The summed E-state index contributed by atoms with van der Waals surface area (Å²) in [5, 5.41) is 3.47. The highest BCUT2D eigenvalue weighted by Gasteiger charge is 2.24. The van der Waals surface area contributed by atoms with Crippen molar-refractivity contribution in [3.05, 3.63) is 18.0 Å². The van der Waals surface area contributed by atoms with Gasteiger partial charge < -0.3 is 15.0 Å². The van der Waals surface area contributed by atoms with E-state index in [1.54, 1.807) is 0 Å². The van der Waals surface area contributed by atoms with Crippen LogP contribution in [0.5, 0.6) is 0 Å². The van der Waals surface area contributed by atoms with Crippen molar-refractivity contribution in [2.24, 2.45) is 0 Å². The molecule has 104 valence electrons. The van der Waals surface area contributed by atoms with E-state index in [0.717, 1.165) is 37.2 Å². The molecule has 1 saturated heterocycles. The number of aromatic nitrogens is 2. The molecule has 1 aliphatic carbocycles. The summed E-state index contributed by atoms with van der Waals surface area (Å²) < 4.78 is 5.73. The minimum Gasteiger partial charge on any atom is -0.372 e. The summed E-state index contributed by atoms with van der Waals surface area (Å²) >= 11 is 0. The van der Waals surface area contributed by atoms with Crippen LogP contribution < -0.4 is 10.2 Å². The molecule has 1 saturated carbocycles. The van der Waals surface area contributed by atoms with E-state index in [2.05, 4.69) is 34.0 Å². The molecular weight excluding hydrogens is 240 g/mol. The fourth-order valence-electron chi connectivity index (χ4n) is 2.49. The Morgan fingerprint density at radius 1 is 1.21 bits per heavy atom. The summed E-state index contributed by atoms with van der Waals surface area (Å²) in [4.78, 5) is 11.2. The number of anilines is 1. The number of morpholine rings is 1. The van der Waals surface area contributed by atoms with Crippen molar-refractivity contribution in [3.63, 3.8) is 0 Å². The van der Waals surface area contributed by atoms with E-state index in [4.69, 9.17) is 4.74 Å². The van der Waals surface area contributed by atoms with Crippen molar-refractivity contribution < 1.29 is 4.74 Å². The van der Waals surface area contributed by atoms with Gasteiger partial charge in [-0.05, 0) is 26.7 Å². The van der Waals surface area contributed by atoms with E-state index in [1.807, 2.05) is 12.4 Å². The van der Waals surface area contributed by atoms with Gasteiger partial charge in [-0.1, -0.05) is 0 Å². The van der Waals surface area contributed by atoms with Crippen molar-refractivity contribution in [1.29, 1.82) is 0 Å². The number of nitrogens with one attached hydrogen (secondary N) is 1. The van der Waals surface area contributed by atoms with Gasteiger partial charge in [-0.3, -0.25) is 0 Å². The molecule has 2 aliphatic rings. The van der Waals surface area contributed by atoms with Crippen molar-refractivity contribution in [3.8, 4) is 0 Å². The summed E-state index contributed by atoms with van der Waals surface area (Å²) in [7, 11) is 0. The molecule has 0 aromatic carbocycles. The Labute approximate surface area is 114 Å². The quantitative estimate of drug-likeness (QED) is 0.887. The molecule has 5 heteroatoms. The summed E-state index contributed by atoms with van der Waals surface area (Å²) in [5.74, 6) is 0.817. The monoisotopic (exact) mass is 262 g/mol. The van der Waals surface area contributed by atoms with Crippen LogP contribution in [0.25, 0.3) is 0 Å². The predicted molar refractivity (Wildman–Crippen MR) is 74.1 cm³/mol. The van der Waals surface area contributed by atoms with Crippen LogP contribution in [-0.2, 0) is 11.3 Å². The second-order valence-electron chi connectivity index (χ2n) is 5.71. The molecule has 0 amide bonds. The first-order valence-electron chi connectivity index (χ1n) is 7.15. The lowest BCUT2D eigenvalue weighted by Crippen LogP contribution is -2.46. The zero-order valence-corrected chi connectivity index (χ0v) is 11.7. The molecule has 2 unspecified atom stereocenters. The van der Waals surface area contributed by atoms with E-state index in [1.165, 1.54) is 12.8 Å². The Bertz CT molecular complexity index is 408. The van der Waals surface area contributed by atoms with Gasteiger partial charge >= 0.3 is 0 Å². The van der Waals surface area contributed by atoms with Crippen LogP contribution in [0.4, 0.5) is 5.95 Å². The smallest absolute Gasteiger partial charge is 0.225 e. The van der Waals surface area contributed by atoms with Crippen molar-refractivity contribution >= 4 is 5.95 Å². The molecule has 1 aromatic heterocycles. The van der Waals surface area contributed by atoms with Gasteiger partial charge in [0, 0.05) is 43.6 Å². The van der Waals surface area contributed by atoms with Crippen LogP contribution in [0.1, 0.15) is 32.3 Å². The molecule has 2 fully saturated rings. The number of nitrogens with zero attached hydrogens (tertiary/aromatic N) is 3. The Hall–Kier alpha value is -1.20. The number of ether oxygens (including phenoxy) is 1. The highest BCUT2D eigenvalue weighted by Crippen LogP contribution is 2.19. The fourth-order valence-corrected chi connectivity index (χ4v) is 2.49. The van der Waals surface area contributed by atoms with E-state index < -0.39 is 0 Å². The van der Waals surface area contributed by atoms with Crippen LogP contribution in [0.15, 0.2) is 12.4 Å². The summed E-state index contributed by atoms with van der Waals surface area (Å²) in [6.07, 6.45) is 6.96. The summed E-state index contributed by atoms with van der Waals surface area (Å²) in [6, 6.07) is 0.723. The van der Waals surface area contributed by atoms with Crippen LogP contribution >= 0.6 is 0 Å². The van der Waals surface area contributed by atoms with Crippen LogP contribution in [-0.4, -0.2) is 41.3 Å². The minimum absolute atomic E-state index is 0.239. The largest absolute Gasteiger partial charge is 0.372 e. The first-order valence-corrected chi connectivity index (χ1v) is 7.15. The zero-order chi connectivity index (χ0) is 13.2. The van der Waals surface area contributed by atoms with E-state index in [0.29, 0.717) is 0 Å². The SMILES string of the molecule is CC1CN(c2ncc(CNC3CC3)cn2)CC(C)O1. The molecular formula is C14H22N4O. The zero-order valence-electron chi connectivity index (χ0n) is 11.7. The van der Waals surface area contributed by atoms with E-state index in [-0.39, 0.29) is 12.2 Å². The second kappa shape index (κ2) is 5.43. The van der Waals surface area contributed by atoms with Crippen molar-refractivity contribution in [2.75, 3.05) is 18.0 Å². The van der Waals surface area contributed by atoms with Crippen molar-refractivity contribution in [2.45, 2.75) is 51.5 Å². The topological polar surface area (TPSA) is 50.3 Å². The average molecular weight is 262 g/mol. The third-order valence-corrected chi connectivity index (χ3v) is 3.57. The summed E-state index contributed by atoms with van der Waals surface area (Å²) in [6.45, 7) is 6.79. The molecule has 0 spiro atoms. The highest BCUT2D eigenvalue weighted by molar-refractivity contribution is 5.31. The molecule has 2 atom stereocenters. The molecule has 1 aromatic rings. The van der Waals surface area contributed by atoms with Crippen LogP contribution in [0, 0.1) is 0 Å². The molecule has 5 nitrogen and oxygen atoms in total. The van der Waals surface area contributed by atoms with Crippen LogP contribution in [0.3, 0.4) is 0 Å². The molecule has 1 N–H and O–H groups in total. The first-order chi connectivity index (χ1) is 9.20. The maximum absolute atomic E-state index is 5.73. The third kappa shape index (κ3) is 3.42. The molecule has 3 rings (SSSR count). The predicted octanol–water partition coefficient (Wildman–Crippen LogP) is 1.34.